The predicted octanol–water partition coefficient (Wildman–Crippen LogP) is 1.33. The molecule has 122 valence electrons. The first-order valence-electron chi connectivity index (χ1n) is 7.90. The molecule has 1 aromatic carbocycles. The van der Waals surface area contributed by atoms with Crippen LogP contribution in [0.25, 0.3) is 0 Å². The predicted molar refractivity (Wildman–Crippen MR) is 85.4 cm³/mol. The van der Waals surface area contributed by atoms with Crippen LogP contribution in [0.4, 0.5) is 0 Å². The van der Waals surface area contributed by atoms with Crippen molar-refractivity contribution in [2.45, 2.75) is 5.41 Å². The lowest BCUT2D eigenvalue weighted by Crippen LogP contribution is -2.43. The van der Waals surface area contributed by atoms with Crippen LogP contribution in [0.2, 0.25) is 0 Å². The molecule has 3 heterocycles. The maximum atomic E-state index is 12.0. The number of carbonyl (C=O) groups is 1. The molecule has 6 heteroatoms. The van der Waals surface area contributed by atoms with Crippen LogP contribution in [-0.2, 0) is 10.2 Å². The van der Waals surface area contributed by atoms with E-state index in [2.05, 4.69) is 5.32 Å². The number of hydrogen-bond acceptors (Lipinski definition) is 5. The summed E-state index contributed by atoms with van der Waals surface area (Å²) in [5, 5.41) is 3.43. The van der Waals surface area contributed by atoms with Crippen LogP contribution in [0.1, 0.15) is 5.56 Å². The molecular weight excluding hydrogens is 308 g/mol. The van der Waals surface area contributed by atoms with Crippen molar-refractivity contribution >= 4 is 5.91 Å². The second-order valence-electron chi connectivity index (χ2n) is 6.51. The average molecular weight is 324 g/mol. The smallest absolute Gasteiger partial charge is 0.225 e. The van der Waals surface area contributed by atoms with Crippen LogP contribution in [0.5, 0.6) is 17.2 Å². The third kappa shape index (κ3) is 1.62. The van der Waals surface area contributed by atoms with Crippen molar-refractivity contribution < 1.29 is 19.0 Å². The highest BCUT2D eigenvalue weighted by Gasteiger charge is 2.56. The van der Waals surface area contributed by atoms with E-state index in [1.54, 1.807) is 0 Å². The molecule has 0 bridgehead atoms. The van der Waals surface area contributed by atoms with Gasteiger partial charge >= 0.3 is 0 Å². The molecule has 1 saturated heterocycles. The quantitative estimate of drug-likeness (QED) is 0.814. The van der Waals surface area contributed by atoms with Gasteiger partial charge in [-0.05, 0) is 12.1 Å². The number of amides is 1. The molecular formula is C18H16N2O4. The van der Waals surface area contributed by atoms with E-state index in [9.17, 15) is 4.79 Å². The lowest BCUT2D eigenvalue weighted by atomic mass is 9.66. The zero-order valence-corrected chi connectivity index (χ0v) is 12.8. The third-order valence-electron chi connectivity index (χ3n) is 5.33. The van der Waals surface area contributed by atoms with E-state index in [0.717, 1.165) is 17.0 Å². The van der Waals surface area contributed by atoms with Gasteiger partial charge in [0.25, 0.3) is 0 Å². The Labute approximate surface area is 138 Å². The van der Waals surface area contributed by atoms with Crippen molar-refractivity contribution in [2.75, 3.05) is 13.2 Å². The molecule has 1 fully saturated rings. The van der Waals surface area contributed by atoms with E-state index in [1.165, 1.54) is 12.5 Å². The summed E-state index contributed by atoms with van der Waals surface area (Å²) in [4.78, 5) is 12.0. The molecule has 3 unspecified atom stereocenters. The third-order valence-corrected chi connectivity index (χ3v) is 5.33. The van der Waals surface area contributed by atoms with Gasteiger partial charge in [0, 0.05) is 29.8 Å². The fourth-order valence-electron chi connectivity index (χ4n) is 4.25. The normalized spacial score (nSPS) is 31.1. The summed E-state index contributed by atoms with van der Waals surface area (Å²) in [6.07, 6.45) is 8.78. The molecule has 5 rings (SSSR count). The minimum absolute atomic E-state index is 0.0562. The molecule has 1 amide bonds. The van der Waals surface area contributed by atoms with Crippen LogP contribution >= 0.6 is 0 Å². The summed E-state index contributed by atoms with van der Waals surface area (Å²) in [5.41, 5.74) is 7.39. The number of hydrogen-bond donors (Lipinski definition) is 2. The molecule has 1 aliphatic carbocycles. The summed E-state index contributed by atoms with van der Waals surface area (Å²) in [7, 11) is 0. The number of rotatable bonds is 1. The van der Waals surface area contributed by atoms with Gasteiger partial charge in [-0.15, -0.1) is 0 Å². The average Bonchev–Trinajstić information content (AvgIpc) is 3.16. The summed E-state index contributed by atoms with van der Waals surface area (Å²) in [6.45, 7) is 1.18. The molecule has 3 atom stereocenters. The number of benzene rings is 1. The molecule has 3 aliphatic heterocycles. The van der Waals surface area contributed by atoms with Gasteiger partial charge in [0.1, 0.15) is 24.9 Å². The Hall–Kier alpha value is -2.89. The Kier molecular flexibility index (Phi) is 2.58. The SMILES string of the molecule is NC(=O)C1C=CC=C2NCC3(COc4cc5c(cc43)OC=CO5)C21. The monoisotopic (exact) mass is 324 g/mol. The van der Waals surface area contributed by atoms with E-state index in [0.29, 0.717) is 24.7 Å². The van der Waals surface area contributed by atoms with Crippen molar-refractivity contribution in [1.82, 2.24) is 5.32 Å². The largest absolute Gasteiger partial charge is 0.492 e. The zero-order valence-electron chi connectivity index (χ0n) is 12.8. The molecule has 4 aliphatic rings. The van der Waals surface area contributed by atoms with Crippen molar-refractivity contribution in [3.05, 3.63) is 54.1 Å². The van der Waals surface area contributed by atoms with E-state index >= 15 is 0 Å². The van der Waals surface area contributed by atoms with Gasteiger partial charge in [-0.3, -0.25) is 4.79 Å². The molecule has 0 saturated carbocycles. The van der Waals surface area contributed by atoms with E-state index in [-0.39, 0.29) is 23.2 Å². The molecule has 1 aromatic rings. The highest BCUT2D eigenvalue weighted by molar-refractivity contribution is 5.80. The van der Waals surface area contributed by atoms with E-state index in [1.807, 2.05) is 30.4 Å². The van der Waals surface area contributed by atoms with Gasteiger partial charge in [0.2, 0.25) is 5.91 Å². The minimum atomic E-state index is -0.359. The molecule has 24 heavy (non-hydrogen) atoms. The topological polar surface area (TPSA) is 82.8 Å². The summed E-state index contributed by atoms with van der Waals surface area (Å²) >= 11 is 0. The lowest BCUT2D eigenvalue weighted by molar-refractivity contribution is -0.122. The van der Waals surface area contributed by atoms with Crippen LogP contribution < -0.4 is 25.3 Å². The lowest BCUT2D eigenvalue weighted by Gasteiger charge is -2.33. The Morgan fingerprint density at radius 3 is 2.79 bits per heavy atom. The molecule has 1 spiro atoms. The van der Waals surface area contributed by atoms with Crippen LogP contribution in [0.3, 0.4) is 0 Å². The second kappa shape index (κ2) is 4.56. The Morgan fingerprint density at radius 2 is 2.00 bits per heavy atom. The first-order chi connectivity index (χ1) is 11.7. The molecule has 3 N–H and O–H groups in total. The number of ether oxygens (including phenoxy) is 3. The van der Waals surface area contributed by atoms with Crippen molar-refractivity contribution in [3.63, 3.8) is 0 Å². The van der Waals surface area contributed by atoms with Crippen LogP contribution in [-0.4, -0.2) is 19.1 Å². The minimum Gasteiger partial charge on any atom is -0.492 e. The number of nitrogens with one attached hydrogen (secondary N) is 1. The van der Waals surface area contributed by atoms with Crippen molar-refractivity contribution in [1.29, 1.82) is 0 Å². The Balaban J connectivity index is 1.65. The fraction of sp³-hybridized carbons (Fsp3) is 0.278. The van der Waals surface area contributed by atoms with Gasteiger partial charge in [-0.1, -0.05) is 12.2 Å². The number of carbonyl (C=O) groups excluding carboxylic acids is 1. The summed E-state index contributed by atoms with van der Waals surface area (Å²) in [6, 6.07) is 3.81. The van der Waals surface area contributed by atoms with Gasteiger partial charge in [-0.2, -0.15) is 0 Å². The second-order valence-corrected chi connectivity index (χ2v) is 6.51. The number of allylic oxidation sites excluding steroid dienone is 3. The first kappa shape index (κ1) is 13.5. The van der Waals surface area contributed by atoms with E-state index < -0.39 is 0 Å². The highest BCUT2D eigenvalue weighted by Crippen LogP contribution is 2.54. The standard InChI is InChI=1S/C18H16N2O4/c19-17(21)10-2-1-3-12-16(10)18(8-20-12)9-24-13-7-15-14(6-11(13)18)22-4-5-23-15/h1-7,10,16,20H,8-9H2,(H2,19,21). The number of nitrogens with two attached hydrogens (primary N) is 1. The maximum absolute atomic E-state index is 12.0. The molecule has 6 nitrogen and oxygen atoms in total. The molecule has 0 aromatic heterocycles. The number of primary amides is 1. The van der Waals surface area contributed by atoms with Crippen molar-refractivity contribution in [3.8, 4) is 17.2 Å². The number of fused-ring (bicyclic) bond motifs is 5. The Morgan fingerprint density at radius 1 is 1.21 bits per heavy atom. The van der Waals surface area contributed by atoms with E-state index in [4.69, 9.17) is 19.9 Å². The zero-order chi connectivity index (χ0) is 16.3. The van der Waals surface area contributed by atoms with Crippen LogP contribution in [0, 0.1) is 11.8 Å². The molecule has 0 radical (unpaired) electrons. The summed E-state index contributed by atoms with van der Waals surface area (Å²) < 4.78 is 17.0. The Bertz CT molecular complexity index is 842. The van der Waals surface area contributed by atoms with Gasteiger partial charge < -0.3 is 25.3 Å². The van der Waals surface area contributed by atoms with Gasteiger partial charge in [0.15, 0.2) is 11.5 Å². The van der Waals surface area contributed by atoms with Crippen LogP contribution in [0.15, 0.2) is 48.6 Å². The fourth-order valence-corrected chi connectivity index (χ4v) is 4.25. The maximum Gasteiger partial charge on any atom is 0.225 e. The highest BCUT2D eigenvalue weighted by atomic mass is 16.5. The van der Waals surface area contributed by atoms with Gasteiger partial charge in [-0.25, -0.2) is 0 Å². The van der Waals surface area contributed by atoms with Gasteiger partial charge in [0.05, 0.1) is 11.3 Å². The first-order valence-corrected chi connectivity index (χ1v) is 7.90. The van der Waals surface area contributed by atoms with Crippen molar-refractivity contribution in [2.24, 2.45) is 17.6 Å². The summed E-state index contributed by atoms with van der Waals surface area (Å²) in [5.74, 6) is 1.32.